The standard InChI is InChI=1S/C26H24N4O8.ClH/c1-2-21-28(24(35)36)19-10-7-17-15-20(19)30(21,25(37)38)29(17)26(23(34)16-5-8-18(31)9-6-16)12-3-4-13-27(26)14-11-22(32)33;/h3-10,12-13,15,21H,2,11,14H2,1H3,(H3-,31,32,33,34,35,36,37,38);1H. The highest BCUT2D eigenvalue weighted by Gasteiger charge is 2.72. The summed E-state index contributed by atoms with van der Waals surface area (Å²) in [6.07, 6.45) is 2.04. The van der Waals surface area contributed by atoms with E-state index in [1.54, 1.807) is 31.2 Å². The lowest BCUT2D eigenvalue weighted by molar-refractivity contribution is -0.137. The first kappa shape index (κ1) is 27.5. The summed E-state index contributed by atoms with van der Waals surface area (Å²) in [6, 6.07) is 10.1. The maximum Gasteiger partial charge on any atom is 0.546 e. The van der Waals surface area contributed by atoms with Crippen molar-refractivity contribution < 1.29 is 52.0 Å². The maximum absolute atomic E-state index is 14.5. The average molecular weight is 557 g/mol. The number of hydrogen-bond acceptors (Lipinski definition) is 7. The van der Waals surface area contributed by atoms with Crippen LogP contribution in [0.5, 0.6) is 5.75 Å². The average Bonchev–Trinajstić information content (AvgIpc) is 3.33. The minimum Gasteiger partial charge on any atom is -1.00 e. The van der Waals surface area contributed by atoms with Gasteiger partial charge in [-0.1, -0.05) is 17.6 Å². The number of amides is 2. The molecule has 0 radical (unpaired) electrons. The predicted molar refractivity (Wildman–Crippen MR) is 136 cm³/mol. The van der Waals surface area contributed by atoms with Crippen molar-refractivity contribution in [1.82, 2.24) is 9.49 Å². The van der Waals surface area contributed by atoms with Gasteiger partial charge >= 0.3 is 18.2 Å². The molecule has 3 atom stereocenters. The van der Waals surface area contributed by atoms with Crippen LogP contribution in [-0.4, -0.2) is 67.6 Å². The number of carbonyl (C=O) groups is 4. The maximum atomic E-state index is 14.5. The lowest BCUT2D eigenvalue weighted by Gasteiger charge is -2.52. The number of ketones is 1. The normalized spacial score (nSPS) is 24.0. The summed E-state index contributed by atoms with van der Waals surface area (Å²) in [5, 5.41) is 41.6. The molecule has 2 aromatic rings. The minimum atomic E-state index is -1.91. The molecule has 3 aliphatic rings. The molecule has 3 heterocycles. The van der Waals surface area contributed by atoms with Gasteiger partial charge in [-0.2, -0.15) is 9.80 Å². The first-order valence-corrected chi connectivity index (χ1v) is 11.9. The number of carboxylic acids is 1. The van der Waals surface area contributed by atoms with Crippen LogP contribution in [0.4, 0.5) is 26.7 Å². The van der Waals surface area contributed by atoms with E-state index >= 15 is 0 Å². The second kappa shape index (κ2) is 9.64. The first-order chi connectivity index (χ1) is 18.1. The molecule has 13 heteroatoms. The summed E-state index contributed by atoms with van der Waals surface area (Å²) in [7, 11) is 0. The van der Waals surface area contributed by atoms with Crippen molar-refractivity contribution in [2.45, 2.75) is 31.6 Å². The van der Waals surface area contributed by atoms with E-state index < -0.39 is 40.4 Å². The number of carbonyl (C=O) groups excluding carboxylic acids is 1. The summed E-state index contributed by atoms with van der Waals surface area (Å²) < 4.78 is -1.02. The van der Waals surface area contributed by atoms with Gasteiger partial charge < -0.3 is 37.7 Å². The summed E-state index contributed by atoms with van der Waals surface area (Å²) in [5.74, 6) is -1.78. The van der Waals surface area contributed by atoms with Crippen LogP contribution >= 0.6 is 0 Å². The van der Waals surface area contributed by atoms with Gasteiger partial charge in [-0.05, 0) is 48.6 Å². The molecule has 2 bridgehead atoms. The number of halogens is 1. The Morgan fingerprint density at radius 2 is 1.69 bits per heavy atom. The lowest BCUT2D eigenvalue weighted by atomic mass is 9.92. The number of aliphatic carboxylic acids is 1. The van der Waals surface area contributed by atoms with E-state index in [4.69, 9.17) is 0 Å². The fraction of sp³-hybridized carbons (Fsp3) is 0.231. The van der Waals surface area contributed by atoms with Crippen molar-refractivity contribution in [3.63, 3.8) is 0 Å². The number of rotatable bonds is 7. The Morgan fingerprint density at radius 1 is 1.00 bits per heavy atom. The number of anilines is 2. The number of hydrogen-bond donors (Lipinski definition) is 4. The number of phenols is 1. The molecule has 2 amide bonds. The molecule has 0 aliphatic carbocycles. The fourth-order valence-electron chi connectivity index (χ4n) is 5.80. The highest BCUT2D eigenvalue weighted by atomic mass is 35.5. The zero-order valence-electron chi connectivity index (χ0n) is 20.6. The van der Waals surface area contributed by atoms with E-state index in [0.29, 0.717) is 5.69 Å². The van der Waals surface area contributed by atoms with E-state index in [9.17, 15) is 39.6 Å². The Labute approximate surface area is 228 Å². The van der Waals surface area contributed by atoms with Gasteiger partial charge in [0.15, 0.2) is 5.69 Å². The second-order valence-electron chi connectivity index (χ2n) is 9.13. The Balaban J connectivity index is 0.00000353. The number of benzene rings is 2. The monoisotopic (exact) mass is 556 g/mol. The smallest absolute Gasteiger partial charge is 0.546 e. The third-order valence-electron chi connectivity index (χ3n) is 7.23. The molecule has 0 saturated carbocycles. The van der Waals surface area contributed by atoms with Crippen LogP contribution in [0.3, 0.4) is 0 Å². The summed E-state index contributed by atoms with van der Waals surface area (Å²) in [5.41, 5.74) is -1.05. The van der Waals surface area contributed by atoms with Crippen molar-refractivity contribution in [3.8, 4) is 5.75 Å². The van der Waals surface area contributed by atoms with Crippen LogP contribution in [0.15, 0.2) is 66.9 Å². The van der Waals surface area contributed by atoms with E-state index in [0.717, 1.165) is 4.90 Å². The van der Waals surface area contributed by atoms with Crippen LogP contribution < -0.4 is 26.9 Å². The fourth-order valence-corrected chi connectivity index (χ4v) is 5.80. The molecule has 0 aromatic heterocycles. The number of nitrogens with zero attached hydrogens (tertiary/aromatic N) is 4. The van der Waals surface area contributed by atoms with Gasteiger partial charge in [-0.3, -0.25) is 9.59 Å². The number of carboxylic acid groups (broad SMARTS) is 3. The quantitative estimate of drug-likeness (QED) is 0.284. The van der Waals surface area contributed by atoms with Gasteiger partial charge in [0.05, 0.1) is 12.1 Å². The molecule has 12 nitrogen and oxygen atoms in total. The molecule has 4 N–H and O–H groups in total. The Morgan fingerprint density at radius 3 is 2.28 bits per heavy atom. The van der Waals surface area contributed by atoms with E-state index in [1.807, 2.05) is 0 Å². The van der Waals surface area contributed by atoms with E-state index in [2.05, 4.69) is 0 Å². The highest BCUT2D eigenvalue weighted by Crippen LogP contribution is 2.58. The lowest BCUT2D eigenvalue weighted by Crippen LogP contribution is -3.00. The molecule has 0 spiro atoms. The van der Waals surface area contributed by atoms with Crippen LogP contribution in [0, 0.1) is 0 Å². The van der Waals surface area contributed by atoms with Gasteiger partial charge in [0, 0.05) is 30.8 Å². The Hall–Kier alpha value is -4.55. The minimum absolute atomic E-state index is 0. The molecule has 0 fully saturated rings. The van der Waals surface area contributed by atoms with Crippen molar-refractivity contribution in [2.24, 2.45) is 0 Å². The largest absolute Gasteiger partial charge is 1.00 e. The highest BCUT2D eigenvalue weighted by molar-refractivity contribution is 6.11. The number of Topliss-reactive ketones (excluding diaryl/α,β-unsaturated/α-hetero) is 1. The molecule has 5 rings (SSSR count). The molecule has 39 heavy (non-hydrogen) atoms. The summed E-state index contributed by atoms with van der Waals surface area (Å²) in [6.45, 7) is 1.51. The summed E-state index contributed by atoms with van der Waals surface area (Å²) >= 11 is 0. The predicted octanol–water partition coefficient (Wildman–Crippen LogP) is 0.790. The third kappa shape index (κ3) is 3.63. The van der Waals surface area contributed by atoms with Crippen molar-refractivity contribution in [1.29, 1.82) is 0 Å². The van der Waals surface area contributed by atoms with Gasteiger partial charge in [-0.15, -0.1) is 0 Å². The first-order valence-electron chi connectivity index (χ1n) is 11.9. The topological polar surface area (TPSA) is 159 Å². The zero-order chi connectivity index (χ0) is 27.4. The molecule has 3 aliphatic heterocycles. The van der Waals surface area contributed by atoms with Crippen LogP contribution in [0.1, 0.15) is 30.1 Å². The zero-order valence-corrected chi connectivity index (χ0v) is 21.4. The van der Waals surface area contributed by atoms with Gasteiger partial charge in [0.25, 0.3) is 0 Å². The number of aromatic hydroxyl groups is 1. The Kier molecular flexibility index (Phi) is 6.79. The van der Waals surface area contributed by atoms with Crippen LogP contribution in [-0.2, 0) is 4.79 Å². The van der Waals surface area contributed by atoms with Gasteiger partial charge in [0.1, 0.15) is 11.4 Å². The molecular formula is C26H25ClN4O8. The molecular weight excluding hydrogens is 532 g/mol. The SMILES string of the molecule is CCC1N(C(=O)O)c2ccc3cc2[N+]1(C(=O)O)N3C1(C(=O)c2ccc(O)cc2)C=CC=CN1CCC(=O)O.[Cl-]. The second-order valence-corrected chi connectivity index (χ2v) is 9.13. The molecule has 204 valence electrons. The van der Waals surface area contributed by atoms with Crippen LogP contribution in [0.25, 0.3) is 0 Å². The van der Waals surface area contributed by atoms with Crippen molar-refractivity contribution in [3.05, 3.63) is 72.5 Å². The van der Waals surface area contributed by atoms with Gasteiger partial charge in [-0.25, -0.2) is 9.69 Å². The Bertz CT molecular complexity index is 1430. The number of quaternary nitrogens is 1. The molecule has 3 unspecified atom stereocenters. The third-order valence-corrected chi connectivity index (χ3v) is 7.23. The van der Waals surface area contributed by atoms with E-state index in [1.165, 1.54) is 52.5 Å². The van der Waals surface area contributed by atoms with Gasteiger partial charge in [0.2, 0.25) is 17.6 Å². The van der Waals surface area contributed by atoms with Crippen LogP contribution in [0.2, 0.25) is 0 Å². The summed E-state index contributed by atoms with van der Waals surface area (Å²) in [4.78, 5) is 54.3. The van der Waals surface area contributed by atoms with E-state index in [-0.39, 0.29) is 54.5 Å². The van der Waals surface area contributed by atoms with Crippen molar-refractivity contribution in [2.75, 3.05) is 16.5 Å². The number of phenolic OH excluding ortho intramolecular Hbond substituents is 1. The molecule has 0 saturated heterocycles. The molecule has 2 aromatic carbocycles. The number of fused-ring (bicyclic) bond motifs is 1. The van der Waals surface area contributed by atoms with Crippen molar-refractivity contribution >= 4 is 41.0 Å². The number of allylic oxidation sites excluding steroid dienone is 2.